The highest BCUT2D eigenvalue weighted by Crippen LogP contribution is 2.31. The van der Waals surface area contributed by atoms with Gasteiger partial charge in [0.25, 0.3) is 0 Å². The van der Waals surface area contributed by atoms with Gasteiger partial charge < -0.3 is 5.32 Å². The molecule has 0 saturated carbocycles. The molecule has 0 atom stereocenters. The molecule has 0 aliphatic carbocycles. The van der Waals surface area contributed by atoms with Crippen molar-refractivity contribution < 1.29 is 17.6 Å². The van der Waals surface area contributed by atoms with E-state index in [-0.39, 0.29) is 11.6 Å². The van der Waals surface area contributed by atoms with Gasteiger partial charge in [0.05, 0.1) is 17.5 Å². The van der Waals surface area contributed by atoms with Crippen molar-refractivity contribution in [3.8, 4) is 17.1 Å². The van der Waals surface area contributed by atoms with E-state index in [1.54, 1.807) is 23.9 Å². The topological polar surface area (TPSA) is 73.5 Å². The predicted molar refractivity (Wildman–Crippen MR) is 105 cm³/mol. The molecule has 1 aromatic carbocycles. The summed E-state index contributed by atoms with van der Waals surface area (Å²) in [5, 5.41) is 11.3. The molecule has 0 unspecified atom stereocenters. The van der Waals surface area contributed by atoms with Crippen molar-refractivity contribution in [2.45, 2.75) is 19.5 Å². The number of hydrogen-bond acceptors (Lipinski definition) is 5. The maximum atomic E-state index is 13.3. The number of nitrogens with one attached hydrogen (secondary N) is 1. The fraction of sp³-hybridized carbons (Fsp3) is 0.200. The molecule has 4 aromatic rings. The summed E-state index contributed by atoms with van der Waals surface area (Å²) in [6.45, 7) is 1.96. The molecule has 11 heteroatoms. The largest absolute Gasteiger partial charge is 0.419 e. The molecule has 1 N–H and O–H groups in total. The highest BCUT2D eigenvalue weighted by atomic mass is 19.4. The Balaban J connectivity index is 1.66. The molecule has 3 aromatic heterocycles. The second-order valence-electron chi connectivity index (χ2n) is 6.72. The van der Waals surface area contributed by atoms with Crippen LogP contribution in [0.5, 0.6) is 0 Å². The zero-order valence-electron chi connectivity index (χ0n) is 16.5. The fourth-order valence-electron chi connectivity index (χ4n) is 3.23. The summed E-state index contributed by atoms with van der Waals surface area (Å²) in [4.78, 5) is 8.12. The summed E-state index contributed by atoms with van der Waals surface area (Å²) >= 11 is 0. The molecule has 7 nitrogen and oxygen atoms in total. The number of aromatic nitrogens is 6. The molecule has 31 heavy (non-hydrogen) atoms. The molecule has 0 aliphatic rings. The van der Waals surface area contributed by atoms with Crippen LogP contribution in [0.4, 0.5) is 29.2 Å². The van der Waals surface area contributed by atoms with Crippen LogP contribution in [0.3, 0.4) is 0 Å². The van der Waals surface area contributed by atoms with Crippen LogP contribution in [-0.2, 0) is 19.6 Å². The number of nitrogens with zero attached hydrogens (tertiary/aromatic N) is 6. The number of halogens is 4. The van der Waals surface area contributed by atoms with Crippen molar-refractivity contribution in [1.29, 1.82) is 0 Å². The first kappa shape index (κ1) is 20.5. The molecule has 160 valence electrons. The number of rotatable bonds is 5. The Bertz CT molecular complexity index is 1210. The summed E-state index contributed by atoms with van der Waals surface area (Å²) in [7, 11) is 1.77. The minimum Gasteiger partial charge on any atom is -0.323 e. The predicted octanol–water partition coefficient (Wildman–Crippen LogP) is 4.53. The third kappa shape index (κ3) is 4.11. The fourth-order valence-corrected chi connectivity index (χ4v) is 3.23. The minimum absolute atomic E-state index is 0.167. The third-order valence-electron chi connectivity index (χ3n) is 4.66. The Morgan fingerprint density at radius 3 is 2.48 bits per heavy atom. The van der Waals surface area contributed by atoms with Gasteiger partial charge >= 0.3 is 6.18 Å². The van der Waals surface area contributed by atoms with Crippen molar-refractivity contribution in [3.05, 3.63) is 66.0 Å². The lowest BCUT2D eigenvalue weighted by Crippen LogP contribution is -2.04. The van der Waals surface area contributed by atoms with Gasteiger partial charge in [-0.3, -0.25) is 4.68 Å². The zero-order chi connectivity index (χ0) is 22.2. The number of hydrogen-bond donors (Lipinski definition) is 1. The van der Waals surface area contributed by atoms with Crippen molar-refractivity contribution in [2.24, 2.45) is 7.05 Å². The van der Waals surface area contributed by atoms with Gasteiger partial charge in [0.1, 0.15) is 18.0 Å². The van der Waals surface area contributed by atoms with Gasteiger partial charge in [-0.25, -0.2) is 19.0 Å². The Morgan fingerprint density at radius 2 is 1.84 bits per heavy atom. The van der Waals surface area contributed by atoms with Gasteiger partial charge in [-0.1, -0.05) is 6.92 Å². The van der Waals surface area contributed by atoms with Crippen molar-refractivity contribution >= 4 is 11.6 Å². The summed E-state index contributed by atoms with van der Waals surface area (Å²) < 4.78 is 54.5. The first-order chi connectivity index (χ1) is 14.8. The first-order valence-electron chi connectivity index (χ1n) is 9.29. The SMILES string of the molecule is CCc1c(Nc2cc(-n3cc(C(F)(F)F)cn3)ncn2)nn(C)c1-c1ccc(F)cc1. The number of benzene rings is 1. The molecule has 0 saturated heterocycles. The molecule has 0 amide bonds. The summed E-state index contributed by atoms with van der Waals surface area (Å²) in [5.74, 6) is 0.710. The number of alkyl halides is 3. The second-order valence-corrected chi connectivity index (χ2v) is 6.72. The van der Waals surface area contributed by atoms with Crippen LogP contribution in [-0.4, -0.2) is 29.5 Å². The van der Waals surface area contributed by atoms with E-state index in [0.717, 1.165) is 33.9 Å². The Kier molecular flexibility index (Phi) is 5.17. The average molecular weight is 431 g/mol. The normalized spacial score (nSPS) is 11.7. The van der Waals surface area contributed by atoms with Gasteiger partial charge in [0.15, 0.2) is 11.6 Å². The molecule has 4 rings (SSSR count). The van der Waals surface area contributed by atoms with Crippen molar-refractivity contribution in [1.82, 2.24) is 29.5 Å². The molecule has 0 aliphatic heterocycles. The van der Waals surface area contributed by atoms with Crippen LogP contribution in [0.2, 0.25) is 0 Å². The van der Waals surface area contributed by atoms with Gasteiger partial charge in [0, 0.05) is 30.4 Å². The van der Waals surface area contributed by atoms with E-state index < -0.39 is 11.7 Å². The van der Waals surface area contributed by atoms with E-state index in [0.29, 0.717) is 18.1 Å². The van der Waals surface area contributed by atoms with E-state index >= 15 is 0 Å². The highest BCUT2D eigenvalue weighted by Gasteiger charge is 2.32. The third-order valence-corrected chi connectivity index (χ3v) is 4.66. The highest BCUT2D eigenvalue weighted by molar-refractivity contribution is 5.72. The van der Waals surface area contributed by atoms with E-state index in [2.05, 4.69) is 25.5 Å². The van der Waals surface area contributed by atoms with Crippen LogP contribution in [0, 0.1) is 5.82 Å². The van der Waals surface area contributed by atoms with Crippen LogP contribution >= 0.6 is 0 Å². The zero-order valence-corrected chi connectivity index (χ0v) is 16.5. The lowest BCUT2D eigenvalue weighted by Gasteiger charge is -2.08. The van der Waals surface area contributed by atoms with Crippen LogP contribution in [0.25, 0.3) is 17.1 Å². The Morgan fingerprint density at radius 1 is 1.10 bits per heavy atom. The second kappa shape index (κ2) is 7.82. The van der Waals surface area contributed by atoms with Crippen molar-refractivity contribution in [2.75, 3.05) is 5.32 Å². The van der Waals surface area contributed by atoms with Gasteiger partial charge in [-0.15, -0.1) is 0 Å². The smallest absolute Gasteiger partial charge is 0.323 e. The summed E-state index contributed by atoms with van der Waals surface area (Å²) in [6, 6.07) is 7.58. The van der Waals surface area contributed by atoms with Crippen LogP contribution < -0.4 is 5.32 Å². The molecule has 3 heterocycles. The molecule has 0 spiro atoms. The molecule has 0 fully saturated rings. The minimum atomic E-state index is -4.49. The standard InChI is InChI=1S/C20H17F4N7/c1-3-15-18(12-4-6-14(21)7-5-12)30(2)29-19(15)28-16-8-17(26-11-25-16)31-10-13(9-27-31)20(22,23)24/h4-11H,3H2,1-2H3,(H,25,26,28,29). The lowest BCUT2D eigenvalue weighted by molar-refractivity contribution is -0.137. The van der Waals surface area contributed by atoms with E-state index in [1.165, 1.54) is 24.5 Å². The first-order valence-corrected chi connectivity index (χ1v) is 9.29. The maximum absolute atomic E-state index is 13.3. The monoisotopic (exact) mass is 431 g/mol. The maximum Gasteiger partial charge on any atom is 0.419 e. The lowest BCUT2D eigenvalue weighted by atomic mass is 10.1. The van der Waals surface area contributed by atoms with E-state index in [1.807, 2.05) is 6.92 Å². The van der Waals surface area contributed by atoms with Crippen LogP contribution in [0.15, 0.2) is 49.1 Å². The van der Waals surface area contributed by atoms with Gasteiger partial charge in [0.2, 0.25) is 0 Å². The van der Waals surface area contributed by atoms with Gasteiger partial charge in [-0.05, 0) is 30.7 Å². The Labute approximate surface area is 174 Å². The molecule has 0 radical (unpaired) electrons. The quantitative estimate of drug-likeness (QED) is 0.470. The number of anilines is 2. The van der Waals surface area contributed by atoms with E-state index in [4.69, 9.17) is 0 Å². The van der Waals surface area contributed by atoms with Crippen LogP contribution in [0.1, 0.15) is 18.1 Å². The Hall–Kier alpha value is -3.76. The molecular formula is C20H17F4N7. The van der Waals surface area contributed by atoms with Gasteiger partial charge in [-0.2, -0.15) is 23.4 Å². The molecular weight excluding hydrogens is 414 g/mol. The van der Waals surface area contributed by atoms with Crippen molar-refractivity contribution in [3.63, 3.8) is 0 Å². The summed E-state index contributed by atoms with van der Waals surface area (Å²) in [6.07, 6.45) is -1.04. The average Bonchev–Trinajstić information content (AvgIpc) is 3.34. The molecule has 0 bridgehead atoms. The van der Waals surface area contributed by atoms with E-state index in [9.17, 15) is 17.6 Å². The number of aryl methyl sites for hydroxylation is 1. The summed E-state index contributed by atoms with van der Waals surface area (Å²) in [5.41, 5.74) is 1.64.